The van der Waals surface area contributed by atoms with E-state index in [-0.39, 0.29) is 6.61 Å². The summed E-state index contributed by atoms with van der Waals surface area (Å²) in [6.45, 7) is 5.48. The molecule has 0 atom stereocenters. The molecule has 1 N–H and O–H groups in total. The highest BCUT2D eigenvalue weighted by molar-refractivity contribution is 6.07. The van der Waals surface area contributed by atoms with Crippen molar-refractivity contribution in [2.75, 3.05) is 11.9 Å². The maximum atomic E-state index is 13.1. The molecule has 1 aromatic heterocycles. The van der Waals surface area contributed by atoms with Gasteiger partial charge in [-0.25, -0.2) is 9.78 Å². The Labute approximate surface area is 187 Å². The van der Waals surface area contributed by atoms with Gasteiger partial charge in [-0.2, -0.15) is 0 Å². The van der Waals surface area contributed by atoms with E-state index in [0.29, 0.717) is 22.2 Å². The second-order valence-electron chi connectivity index (χ2n) is 7.83. The van der Waals surface area contributed by atoms with Crippen LogP contribution in [0.2, 0.25) is 0 Å². The predicted molar refractivity (Wildman–Crippen MR) is 127 cm³/mol. The standard InChI is InChI=1S/C27H24N2O3/c1-17-8-12-20(13-9-17)26-19(3)25(22-6-4-5-7-23(22)29-26)27(31)32-16-24(30)28-21-14-10-18(2)11-15-21/h4-15H,16H2,1-3H3,(H,28,30). The Hall–Kier alpha value is -3.99. The lowest BCUT2D eigenvalue weighted by Gasteiger charge is -2.14. The summed E-state index contributed by atoms with van der Waals surface area (Å²) in [5.74, 6) is -0.939. The third-order valence-electron chi connectivity index (χ3n) is 5.33. The number of aromatic nitrogens is 1. The van der Waals surface area contributed by atoms with E-state index < -0.39 is 11.9 Å². The van der Waals surface area contributed by atoms with Gasteiger partial charge in [0, 0.05) is 16.6 Å². The minimum Gasteiger partial charge on any atom is -0.452 e. The lowest BCUT2D eigenvalue weighted by atomic mass is 9.97. The Morgan fingerprint density at radius 1 is 0.844 bits per heavy atom. The quantitative estimate of drug-likeness (QED) is 0.422. The summed E-state index contributed by atoms with van der Waals surface area (Å²) < 4.78 is 5.41. The molecule has 4 rings (SSSR count). The van der Waals surface area contributed by atoms with Crippen LogP contribution in [0.3, 0.4) is 0 Å². The largest absolute Gasteiger partial charge is 0.452 e. The van der Waals surface area contributed by atoms with Crippen molar-refractivity contribution in [1.29, 1.82) is 0 Å². The maximum Gasteiger partial charge on any atom is 0.339 e. The predicted octanol–water partition coefficient (Wildman–Crippen LogP) is 5.62. The number of amides is 1. The zero-order valence-electron chi connectivity index (χ0n) is 18.3. The maximum absolute atomic E-state index is 13.1. The fourth-order valence-corrected chi connectivity index (χ4v) is 3.60. The van der Waals surface area contributed by atoms with Gasteiger partial charge in [0.25, 0.3) is 5.91 Å². The number of nitrogens with zero attached hydrogens (tertiary/aromatic N) is 1. The van der Waals surface area contributed by atoms with E-state index in [4.69, 9.17) is 9.72 Å². The molecule has 0 saturated heterocycles. The molecule has 0 radical (unpaired) electrons. The number of anilines is 1. The summed E-state index contributed by atoms with van der Waals surface area (Å²) in [6.07, 6.45) is 0. The number of pyridine rings is 1. The van der Waals surface area contributed by atoms with E-state index in [9.17, 15) is 9.59 Å². The number of ether oxygens (including phenoxy) is 1. The highest BCUT2D eigenvalue weighted by Crippen LogP contribution is 2.30. The number of fused-ring (bicyclic) bond motifs is 1. The van der Waals surface area contributed by atoms with Gasteiger partial charge < -0.3 is 10.1 Å². The number of hydrogen-bond acceptors (Lipinski definition) is 4. The second-order valence-corrected chi connectivity index (χ2v) is 7.83. The van der Waals surface area contributed by atoms with Crippen molar-refractivity contribution in [3.63, 3.8) is 0 Å². The summed E-state index contributed by atoms with van der Waals surface area (Å²) in [7, 11) is 0. The Bertz CT molecular complexity index is 1290. The number of esters is 1. The smallest absolute Gasteiger partial charge is 0.339 e. The third-order valence-corrected chi connectivity index (χ3v) is 5.33. The molecular weight excluding hydrogens is 400 g/mol. The zero-order valence-corrected chi connectivity index (χ0v) is 18.3. The van der Waals surface area contributed by atoms with Crippen LogP contribution >= 0.6 is 0 Å². The molecule has 5 nitrogen and oxygen atoms in total. The molecule has 4 aromatic rings. The van der Waals surface area contributed by atoms with Gasteiger partial charge in [0.05, 0.1) is 16.8 Å². The molecule has 0 aliphatic rings. The highest BCUT2D eigenvalue weighted by atomic mass is 16.5. The van der Waals surface area contributed by atoms with E-state index in [1.54, 1.807) is 0 Å². The first kappa shape index (κ1) is 21.2. The van der Waals surface area contributed by atoms with Gasteiger partial charge in [-0.3, -0.25) is 4.79 Å². The van der Waals surface area contributed by atoms with Crippen LogP contribution in [0.15, 0.2) is 72.8 Å². The molecule has 0 fully saturated rings. The van der Waals surface area contributed by atoms with Crippen molar-refractivity contribution in [1.82, 2.24) is 4.98 Å². The van der Waals surface area contributed by atoms with Crippen molar-refractivity contribution < 1.29 is 14.3 Å². The topological polar surface area (TPSA) is 68.3 Å². The highest BCUT2D eigenvalue weighted by Gasteiger charge is 2.21. The Balaban J connectivity index is 1.61. The molecule has 1 amide bonds. The number of carbonyl (C=O) groups is 2. The van der Waals surface area contributed by atoms with Gasteiger partial charge in [0.2, 0.25) is 0 Å². The fraction of sp³-hybridized carbons (Fsp3) is 0.148. The molecule has 0 bridgehead atoms. The first-order valence-corrected chi connectivity index (χ1v) is 10.4. The summed E-state index contributed by atoms with van der Waals surface area (Å²) in [5, 5.41) is 3.44. The molecule has 0 spiro atoms. The van der Waals surface area contributed by atoms with Crippen LogP contribution in [0.4, 0.5) is 5.69 Å². The molecular formula is C27H24N2O3. The Kier molecular flexibility index (Phi) is 5.99. The lowest BCUT2D eigenvalue weighted by Crippen LogP contribution is -2.21. The molecule has 1 heterocycles. The number of para-hydroxylation sites is 1. The fourth-order valence-electron chi connectivity index (χ4n) is 3.60. The van der Waals surface area contributed by atoms with Crippen LogP contribution in [-0.2, 0) is 9.53 Å². The van der Waals surface area contributed by atoms with Crippen molar-refractivity contribution in [3.05, 3.63) is 95.1 Å². The van der Waals surface area contributed by atoms with E-state index in [0.717, 1.165) is 27.9 Å². The number of hydrogen-bond donors (Lipinski definition) is 1. The molecule has 0 aliphatic heterocycles. The van der Waals surface area contributed by atoms with Gasteiger partial charge in [0.1, 0.15) is 0 Å². The van der Waals surface area contributed by atoms with Gasteiger partial charge in [0.15, 0.2) is 6.61 Å². The van der Waals surface area contributed by atoms with E-state index >= 15 is 0 Å². The number of nitrogens with one attached hydrogen (secondary N) is 1. The number of rotatable bonds is 5. The third kappa shape index (κ3) is 4.52. The van der Waals surface area contributed by atoms with Crippen LogP contribution in [0, 0.1) is 20.8 Å². The number of benzene rings is 3. The Morgan fingerprint density at radius 2 is 1.47 bits per heavy atom. The van der Waals surface area contributed by atoms with Crippen molar-refractivity contribution in [2.24, 2.45) is 0 Å². The molecule has 160 valence electrons. The number of carbonyl (C=O) groups excluding carboxylic acids is 2. The molecule has 3 aromatic carbocycles. The molecule has 0 saturated carbocycles. The van der Waals surface area contributed by atoms with Gasteiger partial charge in [-0.05, 0) is 44.5 Å². The normalized spacial score (nSPS) is 10.7. The first-order valence-electron chi connectivity index (χ1n) is 10.4. The first-order chi connectivity index (χ1) is 15.4. The minimum atomic E-state index is -0.548. The van der Waals surface area contributed by atoms with Crippen LogP contribution in [0.25, 0.3) is 22.2 Å². The van der Waals surface area contributed by atoms with Crippen LogP contribution in [0.5, 0.6) is 0 Å². The summed E-state index contributed by atoms with van der Waals surface area (Å²) in [6, 6.07) is 22.9. The SMILES string of the molecule is Cc1ccc(NC(=O)COC(=O)c2c(C)c(-c3ccc(C)cc3)nc3ccccc23)cc1. The van der Waals surface area contributed by atoms with Gasteiger partial charge >= 0.3 is 5.97 Å². The molecule has 0 aliphatic carbocycles. The average molecular weight is 425 g/mol. The lowest BCUT2D eigenvalue weighted by molar-refractivity contribution is -0.119. The van der Waals surface area contributed by atoms with Gasteiger partial charge in [-0.15, -0.1) is 0 Å². The number of aryl methyl sites for hydroxylation is 2. The average Bonchev–Trinajstić information content (AvgIpc) is 2.79. The van der Waals surface area contributed by atoms with Gasteiger partial charge in [-0.1, -0.05) is 65.7 Å². The van der Waals surface area contributed by atoms with Crippen LogP contribution in [0.1, 0.15) is 27.0 Å². The van der Waals surface area contributed by atoms with Crippen molar-refractivity contribution in [2.45, 2.75) is 20.8 Å². The minimum absolute atomic E-state index is 0.372. The monoisotopic (exact) mass is 424 g/mol. The molecule has 32 heavy (non-hydrogen) atoms. The summed E-state index contributed by atoms with van der Waals surface area (Å²) in [4.78, 5) is 30.2. The summed E-state index contributed by atoms with van der Waals surface area (Å²) in [5.41, 5.74) is 6.38. The van der Waals surface area contributed by atoms with E-state index in [1.807, 2.05) is 93.6 Å². The van der Waals surface area contributed by atoms with Crippen LogP contribution in [-0.4, -0.2) is 23.5 Å². The van der Waals surface area contributed by atoms with Crippen molar-refractivity contribution in [3.8, 4) is 11.3 Å². The molecule has 5 heteroatoms. The molecule has 0 unspecified atom stereocenters. The second kappa shape index (κ2) is 9.02. The Morgan fingerprint density at radius 3 is 2.16 bits per heavy atom. The van der Waals surface area contributed by atoms with E-state index in [1.165, 1.54) is 0 Å². The summed E-state index contributed by atoms with van der Waals surface area (Å²) >= 11 is 0. The van der Waals surface area contributed by atoms with Crippen molar-refractivity contribution >= 4 is 28.5 Å². The van der Waals surface area contributed by atoms with E-state index in [2.05, 4.69) is 5.32 Å². The zero-order chi connectivity index (χ0) is 22.7. The van der Waals surface area contributed by atoms with Crippen LogP contribution < -0.4 is 5.32 Å².